The van der Waals surface area contributed by atoms with Gasteiger partial charge in [-0.1, -0.05) is 30.3 Å². The summed E-state index contributed by atoms with van der Waals surface area (Å²) < 4.78 is 15.6. The first-order chi connectivity index (χ1) is 16.9. The van der Waals surface area contributed by atoms with Crippen molar-refractivity contribution in [2.75, 3.05) is 0 Å². The summed E-state index contributed by atoms with van der Waals surface area (Å²) in [5.74, 6) is -1.11. The van der Waals surface area contributed by atoms with Crippen LogP contribution in [0.3, 0.4) is 0 Å². The summed E-state index contributed by atoms with van der Waals surface area (Å²) in [6.07, 6.45) is 0.456. The monoisotopic (exact) mass is 515 g/mol. The molecule has 180 valence electrons. The van der Waals surface area contributed by atoms with E-state index >= 15 is 0 Å². The van der Waals surface area contributed by atoms with Gasteiger partial charge in [0.2, 0.25) is 0 Å². The summed E-state index contributed by atoms with van der Waals surface area (Å²) in [6, 6.07) is 17.3. The van der Waals surface area contributed by atoms with E-state index in [1.165, 1.54) is 18.5 Å². The minimum Gasteiger partial charge on any atom is -0.550 e. The molecule has 2 aromatic carbocycles. The van der Waals surface area contributed by atoms with E-state index in [0.717, 1.165) is 5.56 Å². The van der Waals surface area contributed by atoms with Gasteiger partial charge >= 0.3 is 37.7 Å². The fourth-order valence-electron chi connectivity index (χ4n) is 3.96. The molecule has 4 rings (SSSR count). The first-order valence-electron chi connectivity index (χ1n) is 11.2. The van der Waals surface area contributed by atoms with Gasteiger partial charge in [0.1, 0.15) is 18.0 Å². The second-order valence-electron chi connectivity index (χ2n) is 8.16. The molecule has 0 fully saturated rings. The van der Waals surface area contributed by atoms with Gasteiger partial charge in [-0.2, -0.15) is 0 Å². The molecule has 8 nitrogen and oxygen atoms in total. The number of imidazole rings is 1. The Morgan fingerprint density at radius 3 is 2.36 bits per heavy atom. The molecule has 4 aromatic rings. The normalized spacial score (nSPS) is 12.5. The molecule has 0 aliphatic heterocycles. The number of carboxylic acids is 1. The molecular weight excluding hydrogens is 491 g/mol. The van der Waals surface area contributed by atoms with E-state index in [1.54, 1.807) is 24.4 Å². The summed E-state index contributed by atoms with van der Waals surface area (Å²) in [5, 5.41) is 31.1. The maximum absolute atomic E-state index is 13.6. The molecule has 0 aliphatic carbocycles. The summed E-state index contributed by atoms with van der Waals surface area (Å²) in [5.41, 5.74) is 3.39. The van der Waals surface area contributed by atoms with Crippen molar-refractivity contribution in [3.8, 4) is 34.0 Å². The zero-order valence-corrected chi connectivity index (χ0v) is 21.7. The molecule has 0 aliphatic rings. The molecule has 0 unspecified atom stereocenters. The quantitative estimate of drug-likeness (QED) is 0.310. The molecule has 2 aromatic heterocycles. The number of aromatic nitrogens is 4. The van der Waals surface area contributed by atoms with Crippen LogP contribution in [0.5, 0.6) is 0 Å². The first-order valence-corrected chi connectivity index (χ1v) is 11.2. The Morgan fingerprint density at radius 1 is 1.00 bits per heavy atom. The topological polar surface area (TPSA) is 124 Å². The molecular formula is C26H24CaFN4O4+. The number of aliphatic hydroxyl groups excluding tert-OH is 2. The van der Waals surface area contributed by atoms with Crippen molar-refractivity contribution >= 4 is 43.7 Å². The van der Waals surface area contributed by atoms with Crippen LogP contribution in [-0.2, 0) is 11.3 Å². The van der Waals surface area contributed by atoms with Gasteiger partial charge < -0.3 is 24.7 Å². The third-order valence-corrected chi connectivity index (χ3v) is 5.57. The fraction of sp³-hybridized carbons (Fsp3) is 0.231. The number of hydrogen-bond donors (Lipinski definition) is 2. The molecule has 2 N–H and O–H groups in total. The zero-order valence-electron chi connectivity index (χ0n) is 19.5. The maximum atomic E-state index is 13.6. The van der Waals surface area contributed by atoms with Crippen molar-refractivity contribution in [3.05, 3.63) is 79.0 Å². The summed E-state index contributed by atoms with van der Waals surface area (Å²) >= 11 is 0. The number of benzene rings is 2. The Bertz CT molecular complexity index is 1270. The minimum absolute atomic E-state index is 0. The van der Waals surface area contributed by atoms with E-state index in [2.05, 4.69) is 9.97 Å². The Morgan fingerprint density at radius 2 is 1.72 bits per heavy atom. The Labute approximate surface area is 237 Å². The first kappa shape index (κ1) is 27.9. The van der Waals surface area contributed by atoms with Gasteiger partial charge in [-0.3, -0.25) is 0 Å². The molecule has 0 amide bonds. The number of halogens is 1. The average Bonchev–Trinajstić information content (AvgIpc) is 3.23. The Hall–Kier alpha value is -2.69. The number of carboxylic acid groups (broad SMARTS) is 1. The van der Waals surface area contributed by atoms with Gasteiger partial charge in [-0.05, 0) is 43.2 Å². The van der Waals surface area contributed by atoms with Crippen LogP contribution in [0.4, 0.5) is 4.39 Å². The van der Waals surface area contributed by atoms with E-state index in [1.807, 2.05) is 34.9 Å². The van der Waals surface area contributed by atoms with Crippen LogP contribution >= 0.6 is 0 Å². The number of hydrogen-bond acceptors (Lipinski definition) is 7. The van der Waals surface area contributed by atoms with Crippen LogP contribution in [0.2, 0.25) is 0 Å². The number of carbonyl (C=O) groups excluding carboxylic acids is 1. The molecule has 36 heavy (non-hydrogen) atoms. The molecule has 0 saturated heterocycles. The van der Waals surface area contributed by atoms with Crippen LogP contribution in [-0.4, -0.2) is 85.6 Å². The molecule has 0 saturated carbocycles. The Balaban J connectivity index is 0.00000361. The zero-order chi connectivity index (χ0) is 24.8. The van der Waals surface area contributed by atoms with Gasteiger partial charge in [0.25, 0.3) is 0 Å². The van der Waals surface area contributed by atoms with Crippen molar-refractivity contribution in [1.29, 1.82) is 0 Å². The predicted octanol–water partition coefficient (Wildman–Crippen LogP) is 2.07. The SMILES string of the molecule is O=C([O-])C[C@H](O)C[C@H](O)CCn1c(-c2ccccc2)nc(-c2ccc(F)cc2)c1-c1ccncn1.[Ca+2]. The minimum atomic E-state index is -1.37. The fourth-order valence-corrected chi connectivity index (χ4v) is 3.96. The van der Waals surface area contributed by atoms with Crippen LogP contribution in [0.15, 0.2) is 73.2 Å². The van der Waals surface area contributed by atoms with Crippen LogP contribution < -0.4 is 5.11 Å². The molecule has 0 bridgehead atoms. The summed E-state index contributed by atoms with van der Waals surface area (Å²) in [7, 11) is 0. The van der Waals surface area contributed by atoms with Crippen LogP contribution in [0.25, 0.3) is 34.0 Å². The van der Waals surface area contributed by atoms with Crippen molar-refractivity contribution in [2.24, 2.45) is 0 Å². The van der Waals surface area contributed by atoms with Crippen molar-refractivity contribution < 1.29 is 24.5 Å². The third kappa shape index (κ3) is 6.95. The van der Waals surface area contributed by atoms with Crippen LogP contribution in [0, 0.1) is 5.82 Å². The molecule has 0 spiro atoms. The predicted molar refractivity (Wildman–Crippen MR) is 131 cm³/mol. The van der Waals surface area contributed by atoms with E-state index in [-0.39, 0.29) is 56.4 Å². The van der Waals surface area contributed by atoms with Gasteiger partial charge in [0.15, 0.2) is 0 Å². The Kier molecular flexibility index (Phi) is 10.1. The largest absolute Gasteiger partial charge is 2.00 e. The van der Waals surface area contributed by atoms with E-state index < -0.39 is 24.6 Å². The number of aliphatic hydroxyl groups is 2. The number of aliphatic carboxylic acids is 1. The van der Waals surface area contributed by atoms with E-state index in [0.29, 0.717) is 35.0 Å². The maximum Gasteiger partial charge on any atom is 2.00 e. The standard InChI is InChI=1S/C26H25FN4O4.Ca/c27-19-8-6-17(7-9-19)24-25(22-10-12-28-16-29-22)31(26(30-24)18-4-2-1-3-5-18)13-11-20(32)14-21(33)15-23(34)35;/h1-10,12,16,20-21,32-33H,11,13-15H2,(H,34,35);/q;+2/p-1/t20-,21-;/m1./s1. The summed E-state index contributed by atoms with van der Waals surface area (Å²) in [4.78, 5) is 24.0. The van der Waals surface area contributed by atoms with Gasteiger partial charge in [-0.25, -0.2) is 19.3 Å². The molecule has 2 heterocycles. The van der Waals surface area contributed by atoms with Crippen molar-refractivity contribution in [2.45, 2.75) is 38.0 Å². The van der Waals surface area contributed by atoms with Gasteiger partial charge in [0.05, 0.1) is 29.3 Å². The van der Waals surface area contributed by atoms with E-state index in [4.69, 9.17) is 4.98 Å². The number of rotatable bonds is 10. The van der Waals surface area contributed by atoms with Crippen molar-refractivity contribution in [1.82, 2.24) is 19.5 Å². The molecule has 10 heteroatoms. The van der Waals surface area contributed by atoms with Gasteiger partial charge in [0, 0.05) is 36.3 Å². The number of nitrogens with zero attached hydrogens (tertiary/aromatic N) is 4. The summed E-state index contributed by atoms with van der Waals surface area (Å²) in [6.45, 7) is 0.303. The average molecular weight is 516 g/mol. The molecule has 2 atom stereocenters. The smallest absolute Gasteiger partial charge is 0.550 e. The second-order valence-corrected chi connectivity index (χ2v) is 8.16. The number of carbonyl (C=O) groups is 1. The van der Waals surface area contributed by atoms with Crippen molar-refractivity contribution in [3.63, 3.8) is 0 Å². The van der Waals surface area contributed by atoms with Crippen LogP contribution in [0.1, 0.15) is 19.3 Å². The third-order valence-electron chi connectivity index (χ3n) is 5.57. The molecule has 0 radical (unpaired) electrons. The van der Waals surface area contributed by atoms with E-state index in [9.17, 15) is 24.5 Å². The second kappa shape index (κ2) is 13.0. The van der Waals surface area contributed by atoms with Gasteiger partial charge in [-0.15, -0.1) is 0 Å².